The molecule has 1 heterocycles. The normalized spacial score (nSPS) is 15.1. The number of benzene rings is 3. The second-order valence-corrected chi connectivity index (χ2v) is 9.11. The fourth-order valence-electron chi connectivity index (χ4n) is 4.23. The molecule has 0 saturated heterocycles. The van der Waals surface area contributed by atoms with Gasteiger partial charge in [-0.15, -0.1) is 0 Å². The Labute approximate surface area is 207 Å². The molecule has 0 aliphatic carbocycles. The molecule has 0 atom stereocenters. The minimum Gasteiger partial charge on any atom is -0.491 e. The van der Waals surface area contributed by atoms with E-state index in [0.29, 0.717) is 32.0 Å². The summed E-state index contributed by atoms with van der Waals surface area (Å²) in [5, 5.41) is 9.43. The number of carboxylic acids is 1. The zero-order valence-corrected chi connectivity index (χ0v) is 20.4. The van der Waals surface area contributed by atoms with Gasteiger partial charge in [-0.05, 0) is 66.4 Å². The minimum absolute atomic E-state index is 0.153. The van der Waals surface area contributed by atoms with Crippen molar-refractivity contribution in [3.05, 3.63) is 94.5 Å². The van der Waals surface area contributed by atoms with Crippen molar-refractivity contribution in [3.63, 3.8) is 0 Å². The molecule has 3 aromatic carbocycles. The summed E-state index contributed by atoms with van der Waals surface area (Å²) in [4.78, 5) is 13.9. The predicted octanol–water partition coefficient (Wildman–Crippen LogP) is 5.17. The van der Waals surface area contributed by atoms with Gasteiger partial charge in [0.15, 0.2) is 0 Å². The van der Waals surface area contributed by atoms with Gasteiger partial charge in [0.1, 0.15) is 18.1 Å². The zero-order valence-electron chi connectivity index (χ0n) is 20.4. The van der Waals surface area contributed by atoms with E-state index in [2.05, 4.69) is 41.3 Å². The predicted molar refractivity (Wildman–Crippen MR) is 135 cm³/mol. The van der Waals surface area contributed by atoms with Crippen LogP contribution in [0.4, 0.5) is 0 Å². The average molecular weight is 476 g/mol. The first kappa shape index (κ1) is 24.8. The van der Waals surface area contributed by atoms with Crippen LogP contribution in [-0.2, 0) is 24.2 Å². The maximum absolute atomic E-state index is 11.5. The van der Waals surface area contributed by atoms with E-state index in [0.717, 1.165) is 36.5 Å². The Morgan fingerprint density at radius 3 is 2.57 bits per heavy atom. The van der Waals surface area contributed by atoms with Crippen LogP contribution in [0.15, 0.2) is 66.7 Å². The lowest BCUT2D eigenvalue weighted by atomic mass is 10.00. The molecule has 0 amide bonds. The van der Waals surface area contributed by atoms with Crippen LogP contribution < -0.4 is 9.47 Å². The molecular weight excluding hydrogens is 442 g/mol. The summed E-state index contributed by atoms with van der Waals surface area (Å²) in [6.07, 6.45) is 0.753. The SMILES string of the molecule is CC(C)Oc1ccc(CN2CCOCCOc3ccc(C(=O)O)cc3Cc3cccc(c3)C2)cc1. The van der Waals surface area contributed by atoms with Gasteiger partial charge in [-0.3, -0.25) is 4.90 Å². The van der Waals surface area contributed by atoms with Crippen molar-refractivity contribution in [2.24, 2.45) is 0 Å². The van der Waals surface area contributed by atoms with Crippen molar-refractivity contribution in [2.75, 3.05) is 26.4 Å². The first-order valence-electron chi connectivity index (χ1n) is 12.1. The first-order valence-corrected chi connectivity index (χ1v) is 12.1. The van der Waals surface area contributed by atoms with E-state index in [1.54, 1.807) is 18.2 Å². The summed E-state index contributed by atoms with van der Waals surface area (Å²) in [6.45, 7) is 7.93. The average Bonchev–Trinajstić information content (AvgIpc) is 2.82. The lowest BCUT2D eigenvalue weighted by Gasteiger charge is -2.24. The Kier molecular flexibility index (Phi) is 8.40. The maximum atomic E-state index is 11.5. The largest absolute Gasteiger partial charge is 0.491 e. The lowest BCUT2D eigenvalue weighted by Crippen LogP contribution is -2.27. The van der Waals surface area contributed by atoms with Gasteiger partial charge < -0.3 is 19.3 Å². The van der Waals surface area contributed by atoms with Crippen LogP contribution in [0.2, 0.25) is 0 Å². The maximum Gasteiger partial charge on any atom is 0.335 e. The summed E-state index contributed by atoms with van der Waals surface area (Å²) < 4.78 is 17.6. The number of fused-ring (bicyclic) bond motifs is 3. The molecule has 1 aliphatic rings. The number of carbonyl (C=O) groups is 1. The van der Waals surface area contributed by atoms with E-state index in [9.17, 15) is 9.90 Å². The van der Waals surface area contributed by atoms with E-state index < -0.39 is 5.97 Å². The highest BCUT2D eigenvalue weighted by Crippen LogP contribution is 2.25. The van der Waals surface area contributed by atoms with Gasteiger partial charge in [-0.25, -0.2) is 4.79 Å². The summed E-state index contributed by atoms with van der Waals surface area (Å²) >= 11 is 0. The molecule has 1 aliphatic heterocycles. The van der Waals surface area contributed by atoms with Crippen molar-refractivity contribution < 1.29 is 24.1 Å². The molecular formula is C29H33NO5. The zero-order chi connectivity index (χ0) is 24.6. The third-order valence-corrected chi connectivity index (χ3v) is 5.84. The molecule has 6 nitrogen and oxygen atoms in total. The molecule has 0 fully saturated rings. The summed E-state index contributed by atoms with van der Waals surface area (Å²) in [7, 11) is 0. The lowest BCUT2D eigenvalue weighted by molar-refractivity contribution is 0.0695. The molecule has 0 spiro atoms. The number of nitrogens with zero attached hydrogens (tertiary/aromatic N) is 1. The second-order valence-electron chi connectivity index (χ2n) is 9.11. The van der Waals surface area contributed by atoms with Crippen molar-refractivity contribution >= 4 is 5.97 Å². The number of hydrogen-bond donors (Lipinski definition) is 1. The molecule has 0 unspecified atom stereocenters. The number of ether oxygens (including phenoxy) is 3. The fraction of sp³-hybridized carbons (Fsp3) is 0.345. The van der Waals surface area contributed by atoms with Crippen LogP contribution in [0, 0.1) is 0 Å². The number of aromatic carboxylic acids is 1. The number of carboxylic acid groups (broad SMARTS) is 1. The van der Waals surface area contributed by atoms with Gasteiger partial charge in [-0.2, -0.15) is 0 Å². The Bertz CT molecular complexity index is 1130. The highest BCUT2D eigenvalue weighted by molar-refractivity contribution is 5.88. The minimum atomic E-state index is -0.941. The number of hydrogen-bond acceptors (Lipinski definition) is 5. The van der Waals surface area contributed by atoms with Gasteiger partial charge in [-0.1, -0.05) is 36.4 Å². The van der Waals surface area contributed by atoms with Crippen LogP contribution in [-0.4, -0.2) is 48.4 Å². The van der Waals surface area contributed by atoms with Crippen molar-refractivity contribution in [3.8, 4) is 11.5 Å². The molecule has 3 aromatic rings. The topological polar surface area (TPSA) is 68.2 Å². The van der Waals surface area contributed by atoms with Crippen LogP contribution in [0.5, 0.6) is 11.5 Å². The Morgan fingerprint density at radius 2 is 1.80 bits per heavy atom. The van der Waals surface area contributed by atoms with Gasteiger partial charge in [0.25, 0.3) is 0 Å². The van der Waals surface area contributed by atoms with Gasteiger partial charge >= 0.3 is 5.97 Å². The molecule has 2 bridgehead atoms. The Balaban J connectivity index is 1.54. The molecule has 6 heteroatoms. The monoisotopic (exact) mass is 475 g/mol. The molecule has 0 radical (unpaired) electrons. The van der Waals surface area contributed by atoms with Crippen molar-refractivity contribution in [1.29, 1.82) is 0 Å². The molecule has 0 aromatic heterocycles. The quantitative estimate of drug-likeness (QED) is 0.549. The first-order chi connectivity index (χ1) is 17.0. The Morgan fingerprint density at radius 1 is 1.00 bits per heavy atom. The van der Waals surface area contributed by atoms with Crippen LogP contribution in [0.1, 0.15) is 46.5 Å². The van der Waals surface area contributed by atoms with Crippen LogP contribution in [0.3, 0.4) is 0 Å². The molecule has 184 valence electrons. The van der Waals surface area contributed by atoms with E-state index in [-0.39, 0.29) is 11.7 Å². The molecule has 35 heavy (non-hydrogen) atoms. The molecule has 0 saturated carbocycles. The van der Waals surface area contributed by atoms with Crippen molar-refractivity contribution in [1.82, 2.24) is 4.90 Å². The van der Waals surface area contributed by atoms with Crippen LogP contribution >= 0.6 is 0 Å². The van der Waals surface area contributed by atoms with Gasteiger partial charge in [0.05, 0.1) is 24.9 Å². The highest BCUT2D eigenvalue weighted by Gasteiger charge is 2.13. The third kappa shape index (κ3) is 7.31. The standard InChI is InChI=1S/C29H33NO5/c1-21(2)35-27-9-6-22(7-10-27)19-30-12-13-33-14-15-34-28-11-8-25(29(31)32)18-26(28)17-23-4-3-5-24(16-23)20-30/h3-11,16,18,21H,12-15,17,19-20H2,1-2H3,(H,31,32). The third-order valence-electron chi connectivity index (χ3n) is 5.84. The summed E-state index contributed by atoms with van der Waals surface area (Å²) in [5.41, 5.74) is 4.67. The van der Waals surface area contributed by atoms with E-state index in [1.165, 1.54) is 11.1 Å². The molecule has 4 rings (SSSR count). The van der Waals surface area contributed by atoms with E-state index >= 15 is 0 Å². The van der Waals surface area contributed by atoms with Crippen molar-refractivity contribution in [2.45, 2.75) is 39.5 Å². The molecule has 1 N–H and O–H groups in total. The van der Waals surface area contributed by atoms with Gasteiger partial charge in [0.2, 0.25) is 0 Å². The summed E-state index contributed by atoms with van der Waals surface area (Å²) in [5.74, 6) is 0.642. The van der Waals surface area contributed by atoms with E-state index in [4.69, 9.17) is 14.2 Å². The smallest absolute Gasteiger partial charge is 0.335 e. The number of rotatable bonds is 5. The van der Waals surface area contributed by atoms with E-state index in [1.807, 2.05) is 26.0 Å². The van der Waals surface area contributed by atoms with Gasteiger partial charge in [0, 0.05) is 26.1 Å². The fourth-order valence-corrected chi connectivity index (χ4v) is 4.23. The summed E-state index contributed by atoms with van der Waals surface area (Å²) in [6, 6.07) is 21.8. The van der Waals surface area contributed by atoms with Crippen LogP contribution in [0.25, 0.3) is 0 Å². The second kappa shape index (κ2) is 11.9. The highest BCUT2D eigenvalue weighted by atomic mass is 16.5. The Hall–Kier alpha value is -3.35.